The Morgan fingerprint density at radius 1 is 0.657 bits per heavy atom. The maximum absolute atomic E-state index is 10.5. The summed E-state index contributed by atoms with van der Waals surface area (Å²) in [6, 6.07) is 13.6. The highest BCUT2D eigenvalue weighted by atomic mass is 35.5. The Kier molecular flexibility index (Phi) is 11.4. The van der Waals surface area contributed by atoms with Crippen molar-refractivity contribution in [2.24, 2.45) is 0 Å². The topological polar surface area (TPSA) is 58.9 Å². The average molecular weight is 501 g/mol. The van der Waals surface area contributed by atoms with Crippen molar-refractivity contribution in [3.63, 3.8) is 0 Å². The summed E-state index contributed by atoms with van der Waals surface area (Å²) in [7, 11) is 0. The first-order chi connectivity index (χ1) is 17.0. The van der Waals surface area contributed by atoms with Gasteiger partial charge in [0.2, 0.25) is 0 Å². The number of unbranched alkanes of at least 4 members (excludes halogenated alkanes) is 6. The van der Waals surface area contributed by atoms with Gasteiger partial charge in [0.05, 0.1) is 12.2 Å². The molecule has 0 aromatic heterocycles. The van der Waals surface area contributed by atoms with Gasteiger partial charge >= 0.3 is 0 Å². The molecule has 0 radical (unpaired) electrons. The van der Waals surface area contributed by atoms with Crippen molar-refractivity contribution in [2.75, 3.05) is 13.2 Å². The van der Waals surface area contributed by atoms with Crippen LogP contribution in [0, 0.1) is 0 Å². The first kappa shape index (κ1) is 27.6. The third-order valence-electron chi connectivity index (χ3n) is 6.51. The largest absolute Gasteiger partial charge is 0.490 e. The standard InChI is InChI=1S/C30H41ClO4/c1-3-5-7-9-13-23(32)20-34-29-25-15-11-12-16-26(25)30(28-19-22(31)17-18-27(28)29)35-21-24(33)14-10-8-6-4-2/h11-12,15-19,23-24,32-33H,3-10,13-14,20-21H2,1-2H3. The summed E-state index contributed by atoms with van der Waals surface area (Å²) in [5, 5.41) is 25.2. The van der Waals surface area contributed by atoms with E-state index >= 15 is 0 Å². The number of halogens is 1. The van der Waals surface area contributed by atoms with Crippen LogP contribution >= 0.6 is 11.6 Å². The molecule has 0 aliphatic carbocycles. The van der Waals surface area contributed by atoms with Crippen LogP contribution in [0.5, 0.6) is 11.5 Å². The molecule has 5 heteroatoms. The van der Waals surface area contributed by atoms with Crippen LogP contribution in [0.4, 0.5) is 0 Å². The maximum Gasteiger partial charge on any atom is 0.135 e. The Balaban J connectivity index is 1.84. The van der Waals surface area contributed by atoms with Crippen LogP contribution in [0.2, 0.25) is 5.02 Å². The zero-order chi connectivity index (χ0) is 25.0. The molecule has 4 nitrogen and oxygen atoms in total. The lowest BCUT2D eigenvalue weighted by molar-refractivity contribution is 0.0978. The van der Waals surface area contributed by atoms with Crippen LogP contribution < -0.4 is 9.47 Å². The van der Waals surface area contributed by atoms with Crippen molar-refractivity contribution in [3.05, 3.63) is 47.5 Å². The van der Waals surface area contributed by atoms with Crippen LogP contribution in [0.3, 0.4) is 0 Å². The lowest BCUT2D eigenvalue weighted by Crippen LogP contribution is -2.18. The van der Waals surface area contributed by atoms with Gasteiger partial charge in [0.25, 0.3) is 0 Å². The number of aliphatic hydroxyl groups excluding tert-OH is 2. The molecule has 3 rings (SSSR count). The predicted octanol–water partition coefficient (Wildman–Crippen LogP) is 8.07. The fourth-order valence-electron chi connectivity index (χ4n) is 4.52. The maximum atomic E-state index is 10.5. The lowest BCUT2D eigenvalue weighted by Gasteiger charge is -2.20. The monoisotopic (exact) mass is 500 g/mol. The van der Waals surface area contributed by atoms with Gasteiger partial charge in [-0.3, -0.25) is 0 Å². The van der Waals surface area contributed by atoms with Gasteiger partial charge < -0.3 is 19.7 Å². The highest BCUT2D eigenvalue weighted by molar-refractivity contribution is 6.31. The van der Waals surface area contributed by atoms with E-state index in [0.717, 1.165) is 65.8 Å². The molecule has 0 bridgehead atoms. The summed E-state index contributed by atoms with van der Waals surface area (Å²) in [5.41, 5.74) is 0. The average Bonchev–Trinajstić information content (AvgIpc) is 2.86. The predicted molar refractivity (Wildman–Crippen MR) is 147 cm³/mol. The van der Waals surface area contributed by atoms with Crippen molar-refractivity contribution in [1.29, 1.82) is 0 Å². The second kappa shape index (κ2) is 14.5. The first-order valence-corrected chi connectivity index (χ1v) is 13.7. The van der Waals surface area contributed by atoms with Crippen LogP contribution in [-0.2, 0) is 0 Å². The Bertz CT molecular complexity index is 1050. The summed E-state index contributed by atoms with van der Waals surface area (Å²) in [6.45, 7) is 4.84. The first-order valence-electron chi connectivity index (χ1n) is 13.3. The zero-order valence-electron chi connectivity index (χ0n) is 21.3. The number of hydrogen-bond donors (Lipinski definition) is 2. The highest BCUT2D eigenvalue weighted by Crippen LogP contribution is 2.43. The van der Waals surface area contributed by atoms with Gasteiger partial charge in [0.15, 0.2) is 0 Å². The SMILES string of the molecule is CCCCCCC(O)COc1c2ccccc2c(OCC(O)CCCCCC)c2cc(Cl)ccc12. The lowest BCUT2D eigenvalue weighted by atomic mass is 10.0. The van der Waals surface area contributed by atoms with Gasteiger partial charge in [-0.1, -0.05) is 101 Å². The van der Waals surface area contributed by atoms with E-state index < -0.39 is 12.2 Å². The van der Waals surface area contributed by atoms with Crippen LogP contribution in [-0.4, -0.2) is 35.6 Å². The van der Waals surface area contributed by atoms with Crippen LogP contribution in [0.15, 0.2) is 42.5 Å². The van der Waals surface area contributed by atoms with Gasteiger partial charge in [0.1, 0.15) is 24.7 Å². The van der Waals surface area contributed by atoms with Crippen molar-refractivity contribution in [3.8, 4) is 11.5 Å². The molecule has 3 aromatic carbocycles. The molecular formula is C30H41ClO4. The number of ether oxygens (including phenoxy) is 2. The molecule has 2 N–H and O–H groups in total. The number of hydrogen-bond acceptors (Lipinski definition) is 4. The van der Waals surface area contributed by atoms with E-state index in [1.807, 2.05) is 42.5 Å². The van der Waals surface area contributed by atoms with Gasteiger partial charge in [-0.05, 0) is 31.0 Å². The van der Waals surface area contributed by atoms with E-state index in [-0.39, 0.29) is 13.2 Å². The van der Waals surface area contributed by atoms with E-state index in [2.05, 4.69) is 13.8 Å². The van der Waals surface area contributed by atoms with E-state index in [0.29, 0.717) is 10.8 Å². The Hall–Kier alpha value is -2.01. The summed E-state index contributed by atoms with van der Waals surface area (Å²) in [5.74, 6) is 1.44. The normalized spacial score (nSPS) is 13.3. The van der Waals surface area contributed by atoms with E-state index in [1.54, 1.807) is 0 Å². The molecule has 35 heavy (non-hydrogen) atoms. The second-order valence-corrected chi connectivity index (χ2v) is 9.96. The quantitative estimate of drug-likeness (QED) is 0.154. The zero-order valence-corrected chi connectivity index (χ0v) is 22.0. The summed E-state index contributed by atoms with van der Waals surface area (Å²) in [4.78, 5) is 0. The minimum atomic E-state index is -0.515. The van der Waals surface area contributed by atoms with Crippen LogP contribution in [0.25, 0.3) is 21.5 Å². The Labute approximate surface area is 215 Å². The molecule has 0 spiro atoms. The summed E-state index contributed by atoms with van der Waals surface area (Å²) in [6.07, 6.45) is 9.45. The Morgan fingerprint density at radius 2 is 1.14 bits per heavy atom. The third-order valence-corrected chi connectivity index (χ3v) is 6.74. The van der Waals surface area contributed by atoms with E-state index in [4.69, 9.17) is 21.1 Å². The third kappa shape index (κ3) is 7.99. The fourth-order valence-corrected chi connectivity index (χ4v) is 4.69. The molecule has 0 heterocycles. The molecule has 3 aromatic rings. The molecule has 0 aliphatic rings. The second-order valence-electron chi connectivity index (χ2n) is 9.52. The van der Waals surface area contributed by atoms with Gasteiger partial charge in [-0.15, -0.1) is 0 Å². The van der Waals surface area contributed by atoms with Crippen molar-refractivity contribution >= 4 is 33.1 Å². The number of fused-ring (bicyclic) bond motifs is 2. The molecule has 2 unspecified atom stereocenters. The minimum absolute atomic E-state index is 0.231. The van der Waals surface area contributed by atoms with Gasteiger partial charge in [0, 0.05) is 26.6 Å². The van der Waals surface area contributed by atoms with Crippen molar-refractivity contribution < 1.29 is 19.7 Å². The van der Waals surface area contributed by atoms with Gasteiger partial charge in [-0.25, -0.2) is 0 Å². The molecule has 2 atom stereocenters. The van der Waals surface area contributed by atoms with Gasteiger partial charge in [-0.2, -0.15) is 0 Å². The fraction of sp³-hybridized carbons (Fsp3) is 0.533. The molecule has 192 valence electrons. The van der Waals surface area contributed by atoms with Crippen molar-refractivity contribution in [1.82, 2.24) is 0 Å². The number of rotatable bonds is 16. The summed E-state index contributed by atoms with van der Waals surface area (Å²) < 4.78 is 12.5. The van der Waals surface area contributed by atoms with E-state index in [9.17, 15) is 10.2 Å². The minimum Gasteiger partial charge on any atom is -0.490 e. The summed E-state index contributed by atoms with van der Waals surface area (Å²) >= 11 is 6.38. The molecule has 0 amide bonds. The smallest absolute Gasteiger partial charge is 0.135 e. The van der Waals surface area contributed by atoms with E-state index in [1.165, 1.54) is 25.7 Å². The molecule has 0 fully saturated rings. The molecular weight excluding hydrogens is 460 g/mol. The molecule has 0 saturated carbocycles. The Morgan fingerprint density at radius 3 is 1.66 bits per heavy atom. The number of benzene rings is 3. The molecule has 0 aliphatic heterocycles. The molecule has 0 saturated heterocycles. The van der Waals surface area contributed by atoms with Crippen LogP contribution in [0.1, 0.15) is 78.1 Å². The number of aliphatic hydroxyl groups is 2. The van der Waals surface area contributed by atoms with Crippen molar-refractivity contribution in [2.45, 2.75) is 90.3 Å². The highest BCUT2D eigenvalue weighted by Gasteiger charge is 2.18.